The first-order chi connectivity index (χ1) is 7.60. The molecule has 0 aromatic heterocycles. The SMILES string of the molecule is O=S(=O)(NC(CO)CO)N1CCCCCC1. The Morgan fingerprint density at radius 2 is 1.56 bits per heavy atom. The summed E-state index contributed by atoms with van der Waals surface area (Å²) in [4.78, 5) is 0. The molecule has 7 heteroatoms. The lowest BCUT2D eigenvalue weighted by Crippen LogP contribution is -2.48. The predicted molar refractivity (Wildman–Crippen MR) is 60.1 cm³/mol. The summed E-state index contributed by atoms with van der Waals surface area (Å²) in [5.41, 5.74) is 0. The standard InChI is InChI=1S/C9H20N2O4S/c12-7-9(8-13)10-16(14,15)11-5-3-1-2-4-6-11/h9-10,12-13H,1-8H2. The minimum absolute atomic E-state index is 0.399. The van der Waals surface area contributed by atoms with Gasteiger partial charge in [-0.15, -0.1) is 0 Å². The summed E-state index contributed by atoms with van der Waals surface area (Å²) in [6, 6.07) is -0.812. The van der Waals surface area contributed by atoms with Gasteiger partial charge in [0, 0.05) is 13.1 Å². The van der Waals surface area contributed by atoms with Crippen LogP contribution in [0.4, 0.5) is 0 Å². The van der Waals surface area contributed by atoms with Crippen molar-refractivity contribution in [2.45, 2.75) is 31.7 Å². The van der Waals surface area contributed by atoms with Gasteiger partial charge in [0.25, 0.3) is 10.2 Å². The van der Waals surface area contributed by atoms with Crippen LogP contribution in [-0.2, 0) is 10.2 Å². The Kier molecular flexibility index (Phi) is 5.63. The van der Waals surface area contributed by atoms with Crippen molar-refractivity contribution in [2.24, 2.45) is 0 Å². The van der Waals surface area contributed by atoms with Gasteiger partial charge in [-0.05, 0) is 12.8 Å². The molecule has 0 unspecified atom stereocenters. The lowest BCUT2D eigenvalue weighted by molar-refractivity contribution is 0.183. The summed E-state index contributed by atoms with van der Waals surface area (Å²) in [5.74, 6) is 0. The summed E-state index contributed by atoms with van der Waals surface area (Å²) >= 11 is 0. The van der Waals surface area contributed by atoms with E-state index in [1.54, 1.807) is 0 Å². The van der Waals surface area contributed by atoms with E-state index in [9.17, 15) is 8.42 Å². The van der Waals surface area contributed by atoms with Crippen LogP contribution in [0.3, 0.4) is 0 Å². The van der Waals surface area contributed by atoms with Crippen LogP contribution in [-0.4, -0.2) is 55.3 Å². The van der Waals surface area contributed by atoms with E-state index >= 15 is 0 Å². The smallest absolute Gasteiger partial charge is 0.279 e. The zero-order chi connectivity index (χ0) is 12.0. The molecule has 1 aliphatic heterocycles. The van der Waals surface area contributed by atoms with Crippen molar-refractivity contribution in [3.63, 3.8) is 0 Å². The fourth-order valence-electron chi connectivity index (χ4n) is 1.70. The third kappa shape index (κ3) is 3.99. The number of nitrogens with one attached hydrogen (secondary N) is 1. The molecule has 1 rings (SSSR count). The van der Waals surface area contributed by atoms with Gasteiger partial charge >= 0.3 is 0 Å². The van der Waals surface area contributed by atoms with Crippen LogP contribution in [0, 0.1) is 0 Å². The molecule has 0 radical (unpaired) electrons. The molecule has 0 atom stereocenters. The first-order valence-electron chi connectivity index (χ1n) is 5.59. The predicted octanol–water partition coefficient (Wildman–Crippen LogP) is -0.950. The molecule has 0 spiro atoms. The van der Waals surface area contributed by atoms with Crippen LogP contribution >= 0.6 is 0 Å². The van der Waals surface area contributed by atoms with Gasteiger partial charge in [0.15, 0.2) is 0 Å². The Morgan fingerprint density at radius 3 is 2.00 bits per heavy atom. The second kappa shape index (κ2) is 6.51. The van der Waals surface area contributed by atoms with E-state index in [-0.39, 0.29) is 0 Å². The van der Waals surface area contributed by atoms with Gasteiger partial charge in [-0.25, -0.2) is 0 Å². The van der Waals surface area contributed by atoms with Crippen LogP contribution in [0.25, 0.3) is 0 Å². The van der Waals surface area contributed by atoms with Crippen molar-refractivity contribution < 1.29 is 18.6 Å². The molecule has 0 aromatic rings. The van der Waals surface area contributed by atoms with Crippen LogP contribution < -0.4 is 4.72 Å². The first-order valence-corrected chi connectivity index (χ1v) is 7.03. The highest BCUT2D eigenvalue weighted by Crippen LogP contribution is 2.12. The normalized spacial score (nSPS) is 19.9. The van der Waals surface area contributed by atoms with Crippen molar-refractivity contribution >= 4 is 10.2 Å². The quantitative estimate of drug-likeness (QED) is 0.588. The van der Waals surface area contributed by atoms with E-state index in [4.69, 9.17) is 10.2 Å². The summed E-state index contributed by atoms with van der Waals surface area (Å²) in [5, 5.41) is 17.7. The molecule has 0 aromatic carbocycles. The lowest BCUT2D eigenvalue weighted by Gasteiger charge is -2.23. The highest BCUT2D eigenvalue weighted by molar-refractivity contribution is 7.87. The van der Waals surface area contributed by atoms with Crippen LogP contribution in [0.2, 0.25) is 0 Å². The number of hydrogen-bond donors (Lipinski definition) is 3. The van der Waals surface area contributed by atoms with Crippen molar-refractivity contribution in [1.82, 2.24) is 9.03 Å². The van der Waals surface area contributed by atoms with Gasteiger partial charge in [-0.1, -0.05) is 12.8 Å². The molecule has 3 N–H and O–H groups in total. The lowest BCUT2D eigenvalue weighted by atomic mass is 10.2. The Balaban J connectivity index is 2.60. The Morgan fingerprint density at radius 1 is 1.06 bits per heavy atom. The maximum atomic E-state index is 11.9. The van der Waals surface area contributed by atoms with E-state index < -0.39 is 29.5 Å². The van der Waals surface area contributed by atoms with Gasteiger partial charge in [-0.3, -0.25) is 0 Å². The van der Waals surface area contributed by atoms with Crippen molar-refractivity contribution in [2.75, 3.05) is 26.3 Å². The number of hydrogen-bond acceptors (Lipinski definition) is 4. The minimum atomic E-state index is -3.57. The fraction of sp³-hybridized carbons (Fsp3) is 1.00. The van der Waals surface area contributed by atoms with Gasteiger partial charge in [0.05, 0.1) is 19.3 Å². The fourth-order valence-corrected chi connectivity index (χ4v) is 3.16. The van der Waals surface area contributed by atoms with E-state index in [2.05, 4.69) is 4.72 Å². The van der Waals surface area contributed by atoms with Crippen LogP contribution in [0.5, 0.6) is 0 Å². The Hall–Kier alpha value is -0.210. The minimum Gasteiger partial charge on any atom is -0.395 e. The molecule has 1 saturated heterocycles. The first kappa shape index (κ1) is 13.9. The van der Waals surface area contributed by atoms with Gasteiger partial charge in [0.2, 0.25) is 0 Å². The second-order valence-corrected chi connectivity index (χ2v) is 5.70. The molecule has 96 valence electrons. The molecule has 1 heterocycles. The molecule has 0 aliphatic carbocycles. The van der Waals surface area contributed by atoms with Gasteiger partial charge in [0.1, 0.15) is 0 Å². The highest BCUT2D eigenvalue weighted by Gasteiger charge is 2.25. The van der Waals surface area contributed by atoms with Crippen LogP contribution in [0.15, 0.2) is 0 Å². The molecule has 0 amide bonds. The van der Waals surface area contributed by atoms with Gasteiger partial charge < -0.3 is 10.2 Å². The largest absolute Gasteiger partial charge is 0.395 e. The summed E-state index contributed by atoms with van der Waals surface area (Å²) in [7, 11) is -3.57. The average molecular weight is 252 g/mol. The molecular weight excluding hydrogens is 232 g/mol. The van der Waals surface area contributed by atoms with E-state index in [0.29, 0.717) is 13.1 Å². The maximum absolute atomic E-state index is 11.9. The Labute approximate surface area is 96.4 Å². The zero-order valence-corrected chi connectivity index (χ0v) is 10.1. The van der Waals surface area contributed by atoms with Gasteiger partial charge in [-0.2, -0.15) is 17.4 Å². The van der Waals surface area contributed by atoms with Crippen molar-refractivity contribution in [3.05, 3.63) is 0 Å². The molecule has 6 nitrogen and oxygen atoms in total. The van der Waals surface area contributed by atoms with Crippen LogP contribution in [0.1, 0.15) is 25.7 Å². The summed E-state index contributed by atoms with van der Waals surface area (Å²) in [6.45, 7) is 0.227. The second-order valence-electron chi connectivity index (χ2n) is 4.00. The summed E-state index contributed by atoms with van der Waals surface area (Å²) in [6.07, 6.45) is 3.83. The van der Waals surface area contributed by atoms with E-state index in [1.165, 1.54) is 4.31 Å². The molecule has 0 saturated carbocycles. The summed E-state index contributed by atoms with van der Waals surface area (Å²) < 4.78 is 27.4. The molecule has 16 heavy (non-hydrogen) atoms. The van der Waals surface area contributed by atoms with Crippen molar-refractivity contribution in [3.8, 4) is 0 Å². The third-order valence-electron chi connectivity index (χ3n) is 2.66. The molecular formula is C9H20N2O4S. The topological polar surface area (TPSA) is 89.9 Å². The van der Waals surface area contributed by atoms with E-state index in [1.807, 2.05) is 0 Å². The number of nitrogens with zero attached hydrogens (tertiary/aromatic N) is 1. The number of rotatable bonds is 5. The van der Waals surface area contributed by atoms with E-state index in [0.717, 1.165) is 25.7 Å². The molecule has 0 bridgehead atoms. The third-order valence-corrected chi connectivity index (χ3v) is 4.34. The monoisotopic (exact) mass is 252 g/mol. The Bertz CT molecular complexity index is 282. The number of aliphatic hydroxyl groups is 2. The highest BCUT2D eigenvalue weighted by atomic mass is 32.2. The maximum Gasteiger partial charge on any atom is 0.279 e. The number of aliphatic hydroxyl groups excluding tert-OH is 2. The molecule has 1 aliphatic rings. The van der Waals surface area contributed by atoms with Crippen molar-refractivity contribution in [1.29, 1.82) is 0 Å². The average Bonchev–Trinajstić information content (AvgIpc) is 2.54. The molecule has 1 fully saturated rings. The zero-order valence-electron chi connectivity index (χ0n) is 9.30.